The van der Waals surface area contributed by atoms with E-state index in [1.807, 2.05) is 12.1 Å². The maximum absolute atomic E-state index is 6.24. The highest BCUT2D eigenvalue weighted by Gasteiger charge is 2.22. The van der Waals surface area contributed by atoms with Crippen LogP contribution in [0.2, 0.25) is 0 Å². The summed E-state index contributed by atoms with van der Waals surface area (Å²) in [6.45, 7) is 4.27. The summed E-state index contributed by atoms with van der Waals surface area (Å²) in [5.41, 5.74) is 5.11. The molecule has 0 saturated heterocycles. The summed E-state index contributed by atoms with van der Waals surface area (Å²) < 4.78 is 11.4. The van der Waals surface area contributed by atoms with Crippen LogP contribution in [0.15, 0.2) is 36.4 Å². The van der Waals surface area contributed by atoms with Gasteiger partial charge in [-0.2, -0.15) is 0 Å². The van der Waals surface area contributed by atoms with Crippen LogP contribution in [-0.4, -0.2) is 7.11 Å². The molecule has 1 atom stereocenters. The number of aryl methyl sites for hydroxylation is 3. The molecule has 3 rings (SSSR count). The number of methoxy groups -OCH3 is 1. The van der Waals surface area contributed by atoms with Gasteiger partial charge in [-0.25, -0.2) is 0 Å². The van der Waals surface area contributed by atoms with E-state index in [1.54, 1.807) is 7.11 Å². The minimum absolute atomic E-state index is 0.148. The number of hydrogen-bond donors (Lipinski definition) is 0. The van der Waals surface area contributed by atoms with Gasteiger partial charge in [0, 0.05) is 0 Å². The van der Waals surface area contributed by atoms with E-state index in [9.17, 15) is 0 Å². The molecule has 0 fully saturated rings. The molecule has 0 bridgehead atoms. The Bertz CT molecular complexity index is 614. The van der Waals surface area contributed by atoms with Crippen LogP contribution in [0.4, 0.5) is 0 Å². The van der Waals surface area contributed by atoms with E-state index < -0.39 is 0 Å². The summed E-state index contributed by atoms with van der Waals surface area (Å²) in [7, 11) is 1.69. The van der Waals surface area contributed by atoms with Gasteiger partial charge in [0.1, 0.15) is 17.6 Å². The first-order valence-electron chi connectivity index (χ1n) is 7.08. The smallest absolute Gasteiger partial charge is 0.126 e. The van der Waals surface area contributed by atoms with Gasteiger partial charge in [-0.15, -0.1) is 0 Å². The maximum Gasteiger partial charge on any atom is 0.126 e. The van der Waals surface area contributed by atoms with E-state index in [0.717, 1.165) is 24.3 Å². The number of ether oxygens (including phenoxy) is 2. The third kappa shape index (κ3) is 2.38. The van der Waals surface area contributed by atoms with Gasteiger partial charge in [-0.05, 0) is 55.5 Å². The third-order valence-electron chi connectivity index (χ3n) is 3.92. The second-order valence-corrected chi connectivity index (χ2v) is 5.49. The average molecular weight is 268 g/mol. The normalized spacial score (nSPS) is 17.2. The topological polar surface area (TPSA) is 18.5 Å². The van der Waals surface area contributed by atoms with Crippen molar-refractivity contribution in [2.24, 2.45) is 0 Å². The second-order valence-electron chi connectivity index (χ2n) is 5.49. The molecule has 0 aliphatic carbocycles. The molecule has 0 amide bonds. The van der Waals surface area contributed by atoms with Crippen molar-refractivity contribution < 1.29 is 9.47 Å². The molecule has 2 aromatic rings. The third-order valence-corrected chi connectivity index (χ3v) is 3.92. The van der Waals surface area contributed by atoms with Gasteiger partial charge in [-0.3, -0.25) is 0 Å². The van der Waals surface area contributed by atoms with Gasteiger partial charge in [0.2, 0.25) is 0 Å². The molecule has 0 N–H and O–H groups in total. The first-order chi connectivity index (χ1) is 9.67. The fourth-order valence-electron chi connectivity index (χ4n) is 2.94. The lowest BCUT2D eigenvalue weighted by atomic mass is 9.94. The predicted octanol–water partition coefficient (Wildman–Crippen LogP) is 4.38. The van der Waals surface area contributed by atoms with Crippen molar-refractivity contribution in [3.8, 4) is 11.5 Å². The molecule has 0 aromatic heterocycles. The molecule has 1 aliphatic heterocycles. The molecule has 2 aromatic carbocycles. The van der Waals surface area contributed by atoms with Crippen LogP contribution in [0, 0.1) is 13.8 Å². The van der Waals surface area contributed by atoms with Crippen molar-refractivity contribution in [3.05, 3.63) is 58.7 Å². The molecule has 0 saturated carbocycles. The number of fused-ring (bicyclic) bond motifs is 1. The predicted molar refractivity (Wildman–Crippen MR) is 80.6 cm³/mol. The Morgan fingerprint density at radius 3 is 2.55 bits per heavy atom. The lowest BCUT2D eigenvalue weighted by Gasteiger charge is -2.28. The summed E-state index contributed by atoms with van der Waals surface area (Å²) >= 11 is 0. The van der Waals surface area contributed by atoms with Crippen LogP contribution in [0.5, 0.6) is 11.5 Å². The van der Waals surface area contributed by atoms with Gasteiger partial charge >= 0.3 is 0 Å². The van der Waals surface area contributed by atoms with Gasteiger partial charge in [-0.1, -0.05) is 29.8 Å². The van der Waals surface area contributed by atoms with Crippen LogP contribution in [-0.2, 0) is 6.42 Å². The SMILES string of the molecule is COc1ccc(C2CCc3cc(C)cc(C)c3O2)cc1. The Hall–Kier alpha value is -1.96. The molecule has 20 heavy (non-hydrogen) atoms. The molecule has 1 aliphatic rings. The van der Waals surface area contributed by atoms with Crippen LogP contribution in [0.3, 0.4) is 0 Å². The minimum atomic E-state index is 0.148. The van der Waals surface area contributed by atoms with Crippen molar-refractivity contribution in [1.29, 1.82) is 0 Å². The molecular formula is C18H20O2. The monoisotopic (exact) mass is 268 g/mol. The van der Waals surface area contributed by atoms with Gasteiger partial charge in [0.05, 0.1) is 7.11 Å². The van der Waals surface area contributed by atoms with Crippen molar-refractivity contribution in [2.75, 3.05) is 7.11 Å². The molecule has 1 unspecified atom stereocenters. The Balaban J connectivity index is 1.87. The van der Waals surface area contributed by atoms with Gasteiger partial charge < -0.3 is 9.47 Å². The van der Waals surface area contributed by atoms with Crippen LogP contribution in [0.25, 0.3) is 0 Å². The Morgan fingerprint density at radius 1 is 1.10 bits per heavy atom. The summed E-state index contributed by atoms with van der Waals surface area (Å²) in [6, 6.07) is 12.6. The van der Waals surface area contributed by atoms with E-state index in [2.05, 4.69) is 38.1 Å². The van der Waals surface area contributed by atoms with Crippen LogP contribution in [0.1, 0.15) is 34.8 Å². The van der Waals surface area contributed by atoms with Crippen LogP contribution < -0.4 is 9.47 Å². The number of benzene rings is 2. The van der Waals surface area contributed by atoms with E-state index in [-0.39, 0.29) is 6.10 Å². The fraction of sp³-hybridized carbons (Fsp3) is 0.333. The van der Waals surface area contributed by atoms with Crippen molar-refractivity contribution in [1.82, 2.24) is 0 Å². The zero-order valence-electron chi connectivity index (χ0n) is 12.3. The molecule has 104 valence electrons. The minimum Gasteiger partial charge on any atom is -0.497 e. The van der Waals surface area contributed by atoms with E-state index in [4.69, 9.17) is 9.47 Å². The number of hydrogen-bond acceptors (Lipinski definition) is 2. The van der Waals surface area contributed by atoms with Gasteiger partial charge in [0.25, 0.3) is 0 Å². The zero-order chi connectivity index (χ0) is 14.1. The Labute approximate surface area is 120 Å². The Kier molecular flexibility index (Phi) is 3.39. The number of rotatable bonds is 2. The molecule has 2 nitrogen and oxygen atoms in total. The van der Waals surface area contributed by atoms with Crippen molar-refractivity contribution >= 4 is 0 Å². The maximum atomic E-state index is 6.24. The summed E-state index contributed by atoms with van der Waals surface area (Å²) in [5.74, 6) is 1.96. The molecule has 2 heteroatoms. The quantitative estimate of drug-likeness (QED) is 0.804. The molecular weight excluding hydrogens is 248 g/mol. The lowest BCUT2D eigenvalue weighted by Crippen LogP contribution is -2.16. The lowest BCUT2D eigenvalue weighted by molar-refractivity contribution is 0.175. The standard InChI is InChI=1S/C18H20O2/c1-12-10-13(2)18-15(11-12)6-9-17(20-18)14-4-7-16(19-3)8-5-14/h4-5,7-8,10-11,17H,6,9H2,1-3H3. The first-order valence-corrected chi connectivity index (χ1v) is 7.08. The molecule has 0 radical (unpaired) electrons. The van der Waals surface area contributed by atoms with Gasteiger partial charge in [0.15, 0.2) is 0 Å². The highest BCUT2D eigenvalue weighted by atomic mass is 16.5. The molecule has 1 heterocycles. The highest BCUT2D eigenvalue weighted by molar-refractivity contribution is 5.46. The largest absolute Gasteiger partial charge is 0.497 e. The summed E-state index contributed by atoms with van der Waals surface area (Å²) in [6.07, 6.45) is 2.26. The first kappa shape index (κ1) is 13.0. The Morgan fingerprint density at radius 2 is 1.85 bits per heavy atom. The van der Waals surface area contributed by atoms with E-state index in [0.29, 0.717) is 0 Å². The van der Waals surface area contributed by atoms with E-state index in [1.165, 1.54) is 22.3 Å². The van der Waals surface area contributed by atoms with Crippen LogP contribution >= 0.6 is 0 Å². The summed E-state index contributed by atoms with van der Waals surface area (Å²) in [5, 5.41) is 0. The van der Waals surface area contributed by atoms with Crippen molar-refractivity contribution in [3.63, 3.8) is 0 Å². The average Bonchev–Trinajstić information content (AvgIpc) is 2.47. The highest BCUT2D eigenvalue weighted by Crippen LogP contribution is 2.38. The summed E-state index contributed by atoms with van der Waals surface area (Å²) in [4.78, 5) is 0. The van der Waals surface area contributed by atoms with Crippen molar-refractivity contribution in [2.45, 2.75) is 32.8 Å². The van der Waals surface area contributed by atoms with E-state index >= 15 is 0 Å². The second kappa shape index (κ2) is 5.20. The zero-order valence-corrected chi connectivity index (χ0v) is 12.3. The fourth-order valence-corrected chi connectivity index (χ4v) is 2.94. The molecule has 0 spiro atoms.